The molecule has 0 spiro atoms. The number of hydrogen-bond acceptors (Lipinski definition) is 9. The fourth-order valence-electron chi connectivity index (χ4n) is 7.77. The van der Waals surface area contributed by atoms with Gasteiger partial charge in [-0.05, 0) is 50.9 Å². The van der Waals surface area contributed by atoms with E-state index >= 15 is 0 Å². The van der Waals surface area contributed by atoms with Crippen LogP contribution in [-0.2, 0) is 38.3 Å². The zero-order valence-corrected chi connectivity index (χ0v) is 34.2. The second-order valence-corrected chi connectivity index (χ2v) is 16.3. The lowest BCUT2D eigenvalue weighted by Gasteiger charge is -2.38. The van der Waals surface area contributed by atoms with Gasteiger partial charge in [-0.15, -0.1) is 0 Å². The Morgan fingerprint density at radius 1 is 0.962 bits per heavy atom. The number of carbonyl (C=O) groups excluding carboxylic acids is 7. The van der Waals surface area contributed by atoms with Crippen molar-refractivity contribution in [3.63, 3.8) is 0 Å². The van der Waals surface area contributed by atoms with Crippen LogP contribution in [0.4, 0.5) is 0 Å². The van der Waals surface area contributed by atoms with Gasteiger partial charge >= 0.3 is 5.97 Å². The fraction of sp³-hybridized carbons (Fsp3) is 0.821. The highest BCUT2D eigenvalue weighted by molar-refractivity contribution is 6.02. The molecular formula is C39H67N5O9. The van der Waals surface area contributed by atoms with Crippen LogP contribution in [0.3, 0.4) is 0 Å². The minimum absolute atomic E-state index is 0.00996. The molecule has 0 aromatic heterocycles. The average molecular weight is 750 g/mol. The zero-order valence-electron chi connectivity index (χ0n) is 34.2. The molecule has 14 heteroatoms. The van der Waals surface area contributed by atoms with Gasteiger partial charge in [-0.3, -0.25) is 38.5 Å². The number of likely N-dealkylation sites (N-methyl/N-ethyl adjacent to an activating group) is 2. The van der Waals surface area contributed by atoms with E-state index in [9.17, 15) is 38.7 Å². The van der Waals surface area contributed by atoms with E-state index in [1.54, 1.807) is 27.8 Å². The van der Waals surface area contributed by atoms with E-state index in [4.69, 9.17) is 4.74 Å². The number of carbonyl (C=O) groups is 7. The second-order valence-electron chi connectivity index (χ2n) is 16.3. The standard InChI is InChI=1S/C39H67N5O9/c1-13-14-15-24(6)19-25(7)36(49)41(11)30(18-22(2)3)35(48)40-33(27(9)53-28(10)45)38(51)42(12)34(23(4)5)39(52)43-21-29(46)20-31(43)37(50)44-26(8)16-17-32(44)47/h22-27,29-31,33-34,46H,13-21H2,1-12H3,(H,40,48)/t24?,25?,26?,27-,29+,30+,31+,33+,34+/m1/s1. The van der Waals surface area contributed by atoms with Crippen molar-refractivity contribution >= 4 is 41.4 Å². The first kappa shape index (κ1) is 45.6. The zero-order chi connectivity index (χ0) is 40.5. The molecule has 9 atom stereocenters. The third-order valence-corrected chi connectivity index (χ3v) is 10.6. The number of aliphatic hydroxyl groups excluding tert-OH is 1. The van der Waals surface area contributed by atoms with Crippen molar-refractivity contribution in [2.45, 2.75) is 163 Å². The number of aliphatic hydroxyl groups is 1. The maximum Gasteiger partial charge on any atom is 0.302 e. The molecule has 2 aliphatic rings. The minimum Gasteiger partial charge on any atom is -0.460 e. The van der Waals surface area contributed by atoms with Gasteiger partial charge in [0, 0.05) is 52.4 Å². The van der Waals surface area contributed by atoms with Crippen LogP contribution in [-0.4, -0.2) is 129 Å². The Morgan fingerprint density at radius 3 is 2.09 bits per heavy atom. The molecule has 0 aromatic rings. The van der Waals surface area contributed by atoms with Crippen molar-refractivity contribution in [1.82, 2.24) is 24.9 Å². The highest BCUT2D eigenvalue weighted by Gasteiger charge is 2.48. The predicted molar refractivity (Wildman–Crippen MR) is 200 cm³/mol. The molecule has 0 aliphatic carbocycles. The lowest BCUT2D eigenvalue weighted by Crippen LogP contribution is -2.62. The number of β-amino-alcohol motifs (C(OH)–C–C–N with tert-alkyl or cyclic N) is 1. The summed E-state index contributed by atoms with van der Waals surface area (Å²) in [6.07, 6.45) is 2.64. The molecule has 6 amide bonds. The van der Waals surface area contributed by atoms with Gasteiger partial charge in [0.15, 0.2) is 0 Å². The molecule has 2 fully saturated rings. The molecule has 2 rings (SSSR count). The number of imide groups is 1. The Labute approximate surface area is 316 Å². The quantitative estimate of drug-likeness (QED) is 0.158. The summed E-state index contributed by atoms with van der Waals surface area (Å²) in [4.78, 5) is 99.8. The number of nitrogens with one attached hydrogen (secondary N) is 1. The monoisotopic (exact) mass is 749 g/mol. The molecule has 2 N–H and O–H groups in total. The molecule has 2 aliphatic heterocycles. The first-order chi connectivity index (χ1) is 24.6. The van der Waals surface area contributed by atoms with E-state index in [-0.39, 0.29) is 49.1 Å². The summed E-state index contributed by atoms with van der Waals surface area (Å²) in [6.45, 7) is 17.7. The van der Waals surface area contributed by atoms with Gasteiger partial charge in [0.05, 0.1) is 6.10 Å². The molecule has 53 heavy (non-hydrogen) atoms. The van der Waals surface area contributed by atoms with Gasteiger partial charge in [-0.2, -0.15) is 0 Å². The van der Waals surface area contributed by atoms with Crippen LogP contribution in [0.25, 0.3) is 0 Å². The summed E-state index contributed by atoms with van der Waals surface area (Å²) in [5.74, 6) is -4.15. The van der Waals surface area contributed by atoms with Crippen LogP contribution in [0.5, 0.6) is 0 Å². The number of nitrogens with zero attached hydrogens (tertiary/aromatic N) is 4. The van der Waals surface area contributed by atoms with Gasteiger partial charge in [-0.25, -0.2) is 0 Å². The summed E-state index contributed by atoms with van der Waals surface area (Å²) < 4.78 is 5.42. The Bertz CT molecular complexity index is 1320. The fourth-order valence-corrected chi connectivity index (χ4v) is 7.77. The van der Waals surface area contributed by atoms with Crippen LogP contribution in [0.1, 0.15) is 121 Å². The predicted octanol–water partition coefficient (Wildman–Crippen LogP) is 3.13. The summed E-state index contributed by atoms with van der Waals surface area (Å²) >= 11 is 0. The second kappa shape index (κ2) is 20.2. The Morgan fingerprint density at radius 2 is 1.58 bits per heavy atom. The van der Waals surface area contributed by atoms with Gasteiger partial charge < -0.3 is 29.9 Å². The van der Waals surface area contributed by atoms with Crippen LogP contribution >= 0.6 is 0 Å². The molecule has 0 saturated carbocycles. The van der Waals surface area contributed by atoms with Crippen molar-refractivity contribution in [3.8, 4) is 0 Å². The summed E-state index contributed by atoms with van der Waals surface area (Å²) in [5, 5.41) is 13.4. The molecule has 0 radical (unpaired) electrons. The average Bonchev–Trinajstić information content (AvgIpc) is 3.63. The third-order valence-electron chi connectivity index (χ3n) is 10.6. The highest BCUT2D eigenvalue weighted by atomic mass is 16.5. The molecule has 0 bridgehead atoms. The van der Waals surface area contributed by atoms with Gasteiger partial charge in [0.25, 0.3) is 5.91 Å². The third kappa shape index (κ3) is 12.0. The summed E-state index contributed by atoms with van der Waals surface area (Å²) in [6, 6.07) is -4.95. The van der Waals surface area contributed by atoms with E-state index < -0.39 is 71.9 Å². The Balaban J connectivity index is 2.41. The number of amides is 6. The number of likely N-dealkylation sites (tertiary alicyclic amines) is 2. The van der Waals surface area contributed by atoms with Crippen molar-refractivity contribution < 1.29 is 43.4 Å². The topological polar surface area (TPSA) is 174 Å². The molecule has 2 heterocycles. The number of ether oxygens (including phenoxy) is 1. The van der Waals surface area contributed by atoms with E-state index in [1.165, 1.54) is 35.6 Å². The van der Waals surface area contributed by atoms with Gasteiger partial charge in [0.2, 0.25) is 29.5 Å². The lowest BCUT2D eigenvalue weighted by atomic mass is 9.91. The number of rotatable bonds is 18. The maximum atomic E-state index is 14.4. The summed E-state index contributed by atoms with van der Waals surface area (Å²) in [5.41, 5.74) is 0. The van der Waals surface area contributed by atoms with Crippen LogP contribution < -0.4 is 5.32 Å². The Kier molecular flexibility index (Phi) is 17.4. The number of hydrogen-bond donors (Lipinski definition) is 2. The van der Waals surface area contributed by atoms with Crippen LogP contribution in [0.2, 0.25) is 0 Å². The van der Waals surface area contributed by atoms with E-state index in [1.807, 2.05) is 20.8 Å². The number of unbranched alkanes of at least 4 members (excludes halogenated alkanes) is 1. The molecule has 14 nitrogen and oxygen atoms in total. The van der Waals surface area contributed by atoms with Crippen molar-refractivity contribution in [3.05, 3.63) is 0 Å². The first-order valence-electron chi connectivity index (χ1n) is 19.5. The molecule has 2 saturated heterocycles. The Hall–Kier alpha value is -3.55. The van der Waals surface area contributed by atoms with E-state index in [2.05, 4.69) is 19.2 Å². The number of esters is 1. The summed E-state index contributed by atoms with van der Waals surface area (Å²) in [7, 11) is 3.00. The molecule has 0 aromatic carbocycles. The lowest BCUT2D eigenvalue weighted by molar-refractivity contribution is -0.157. The molecule has 302 valence electrons. The normalized spacial score (nSPS) is 22.2. The smallest absolute Gasteiger partial charge is 0.302 e. The van der Waals surface area contributed by atoms with Crippen LogP contribution in [0, 0.1) is 23.7 Å². The molecule has 3 unspecified atom stereocenters. The van der Waals surface area contributed by atoms with Crippen molar-refractivity contribution in [2.24, 2.45) is 23.7 Å². The molecular weight excluding hydrogens is 682 g/mol. The largest absolute Gasteiger partial charge is 0.460 e. The maximum absolute atomic E-state index is 14.4. The highest BCUT2D eigenvalue weighted by Crippen LogP contribution is 2.28. The first-order valence-corrected chi connectivity index (χ1v) is 19.5. The van der Waals surface area contributed by atoms with Gasteiger partial charge in [0.1, 0.15) is 30.3 Å². The van der Waals surface area contributed by atoms with Crippen molar-refractivity contribution in [2.75, 3.05) is 20.6 Å². The minimum atomic E-state index is -1.43. The van der Waals surface area contributed by atoms with Crippen LogP contribution in [0.15, 0.2) is 0 Å². The SMILES string of the molecule is CCCCC(C)CC(C)C(=O)N(C)[C@@H](CC(C)C)C(=O)N[C@H](C(=O)N(C)[C@H](C(=O)N1C[C@@H](O)C[C@H]1C(=O)N1C(=O)CCC1C)C(C)C)[C@@H](C)OC(C)=O. The van der Waals surface area contributed by atoms with Crippen molar-refractivity contribution in [1.29, 1.82) is 0 Å². The van der Waals surface area contributed by atoms with Gasteiger partial charge in [-0.1, -0.05) is 67.7 Å². The van der Waals surface area contributed by atoms with E-state index in [0.29, 0.717) is 25.2 Å². The van der Waals surface area contributed by atoms with E-state index in [0.717, 1.165) is 24.2 Å².